The smallest absolute Gasteiger partial charge is 0.171 e. The van der Waals surface area contributed by atoms with Gasteiger partial charge in [0, 0.05) is 23.9 Å². The van der Waals surface area contributed by atoms with Gasteiger partial charge >= 0.3 is 0 Å². The molecule has 0 fully saturated rings. The molecule has 1 heterocycles. The molecule has 1 aromatic carbocycles. The van der Waals surface area contributed by atoms with Crippen LogP contribution in [0, 0.1) is 0 Å². The minimum Gasteiger partial charge on any atom is -0.497 e. The van der Waals surface area contributed by atoms with Gasteiger partial charge in [-0.15, -0.1) is 0 Å². The average molecular weight is 363 g/mol. The Balaban J connectivity index is 1.88. The monoisotopic (exact) mass is 362 g/mol. The molecule has 116 valence electrons. The molecule has 0 amide bonds. The number of benzene rings is 1. The van der Waals surface area contributed by atoms with Crippen LogP contribution in [0.25, 0.3) is 0 Å². The highest BCUT2D eigenvalue weighted by molar-refractivity contribution is 9.09. The molecule has 2 rings (SSSR count). The van der Waals surface area contributed by atoms with E-state index in [0.717, 1.165) is 29.0 Å². The van der Waals surface area contributed by atoms with Crippen molar-refractivity contribution in [3.63, 3.8) is 0 Å². The number of methoxy groups -OCH3 is 1. The molecular formula is C17H21BrN3O+. The van der Waals surface area contributed by atoms with Gasteiger partial charge in [0.05, 0.1) is 18.5 Å². The van der Waals surface area contributed by atoms with E-state index in [1.807, 2.05) is 36.4 Å². The molecule has 0 unspecified atom stereocenters. The van der Waals surface area contributed by atoms with Crippen molar-refractivity contribution in [3.8, 4) is 5.75 Å². The predicted octanol–water partition coefficient (Wildman–Crippen LogP) is 4.96. The van der Waals surface area contributed by atoms with Crippen molar-refractivity contribution in [2.24, 2.45) is 10.2 Å². The fourth-order valence-corrected chi connectivity index (χ4v) is 2.39. The molecule has 0 aliphatic carbocycles. The normalized spacial score (nSPS) is 11.0. The van der Waals surface area contributed by atoms with Gasteiger partial charge in [0.25, 0.3) is 0 Å². The topological polar surface area (TPSA) is 37.8 Å². The zero-order chi connectivity index (χ0) is 15.6. The van der Waals surface area contributed by atoms with Gasteiger partial charge in [0.15, 0.2) is 12.4 Å². The lowest BCUT2D eigenvalue weighted by Crippen LogP contribution is -2.32. The maximum Gasteiger partial charge on any atom is 0.171 e. The number of hydrogen-bond donors (Lipinski definition) is 0. The van der Waals surface area contributed by atoms with E-state index in [0.29, 0.717) is 0 Å². The van der Waals surface area contributed by atoms with E-state index in [2.05, 4.69) is 43.1 Å². The zero-order valence-corrected chi connectivity index (χ0v) is 14.4. The first kappa shape index (κ1) is 16.6. The molecule has 1 aromatic heterocycles. The summed E-state index contributed by atoms with van der Waals surface area (Å²) in [6.45, 7) is 1.04. The highest BCUT2D eigenvalue weighted by Gasteiger charge is 2.00. The molecule has 0 N–H and O–H groups in total. The average Bonchev–Trinajstić information content (AvgIpc) is 2.58. The molecule has 0 aliphatic rings. The lowest BCUT2D eigenvalue weighted by Gasteiger charge is -1.98. The largest absolute Gasteiger partial charge is 0.497 e. The van der Waals surface area contributed by atoms with Crippen LogP contribution in [0.2, 0.25) is 0 Å². The molecule has 5 heteroatoms. The number of nitrogens with zero attached hydrogens (tertiary/aromatic N) is 3. The Morgan fingerprint density at radius 2 is 1.55 bits per heavy atom. The van der Waals surface area contributed by atoms with Crippen molar-refractivity contribution in [1.29, 1.82) is 0 Å². The Labute approximate surface area is 140 Å². The second-order valence-corrected chi connectivity index (χ2v) is 5.73. The third-order valence-electron chi connectivity index (χ3n) is 3.28. The number of aromatic nitrogens is 1. The molecule has 4 nitrogen and oxygen atoms in total. The van der Waals surface area contributed by atoms with Crippen molar-refractivity contribution in [1.82, 2.24) is 0 Å². The van der Waals surface area contributed by atoms with Gasteiger partial charge in [-0.1, -0.05) is 15.9 Å². The molecule has 0 aliphatic heterocycles. The molecule has 0 spiro atoms. The van der Waals surface area contributed by atoms with Gasteiger partial charge < -0.3 is 4.74 Å². The number of hydrogen-bond acceptors (Lipinski definition) is 3. The zero-order valence-electron chi connectivity index (χ0n) is 12.8. The summed E-state index contributed by atoms with van der Waals surface area (Å²) in [5.74, 6) is 0.819. The van der Waals surface area contributed by atoms with E-state index in [-0.39, 0.29) is 0 Å². The van der Waals surface area contributed by atoms with Gasteiger partial charge in [0.1, 0.15) is 12.3 Å². The molecule has 0 bridgehead atoms. The molecule has 22 heavy (non-hydrogen) atoms. The Morgan fingerprint density at radius 1 is 0.909 bits per heavy atom. The van der Waals surface area contributed by atoms with Crippen molar-refractivity contribution in [2.45, 2.75) is 25.8 Å². The summed E-state index contributed by atoms with van der Waals surface area (Å²) in [6.07, 6.45) is 7.78. The maximum atomic E-state index is 5.11. The standard InChI is InChI=1S/C17H21BrN3O/c1-22-17-7-5-15(6-8-17)19-20-16-9-13-21(14-10-16)12-4-2-3-11-18/h5-10,13-14H,2-4,11-12H2,1H3/q+1. The lowest BCUT2D eigenvalue weighted by atomic mass is 10.2. The molecule has 0 saturated carbocycles. The van der Waals surface area contributed by atoms with Crippen LogP contribution < -0.4 is 9.30 Å². The summed E-state index contributed by atoms with van der Waals surface area (Å²) < 4.78 is 7.30. The number of halogens is 1. The van der Waals surface area contributed by atoms with Crippen molar-refractivity contribution < 1.29 is 9.30 Å². The van der Waals surface area contributed by atoms with Crippen LogP contribution >= 0.6 is 15.9 Å². The Bertz CT molecular complexity index is 582. The van der Waals surface area contributed by atoms with E-state index in [1.165, 1.54) is 19.3 Å². The van der Waals surface area contributed by atoms with Crippen LogP contribution in [-0.2, 0) is 6.54 Å². The second kappa shape index (κ2) is 9.30. The molecule has 2 aromatic rings. The van der Waals surface area contributed by atoms with Gasteiger partial charge in [-0.25, -0.2) is 4.57 Å². The minimum absolute atomic E-state index is 0.812. The van der Waals surface area contributed by atoms with Crippen LogP contribution in [0.3, 0.4) is 0 Å². The highest BCUT2D eigenvalue weighted by atomic mass is 79.9. The first-order valence-corrected chi connectivity index (χ1v) is 8.55. The summed E-state index contributed by atoms with van der Waals surface area (Å²) in [7, 11) is 1.65. The lowest BCUT2D eigenvalue weighted by molar-refractivity contribution is -0.697. The van der Waals surface area contributed by atoms with Gasteiger partial charge in [-0.3, -0.25) is 0 Å². The SMILES string of the molecule is COc1ccc(/N=N/c2cc[n+](CCCCCBr)cc2)cc1. The predicted molar refractivity (Wildman–Crippen MR) is 91.5 cm³/mol. The first-order valence-electron chi connectivity index (χ1n) is 7.42. The van der Waals surface area contributed by atoms with E-state index in [4.69, 9.17) is 4.74 Å². The van der Waals surface area contributed by atoms with Crippen LogP contribution in [0.5, 0.6) is 5.75 Å². The van der Waals surface area contributed by atoms with Crippen LogP contribution in [0.1, 0.15) is 19.3 Å². The van der Waals surface area contributed by atoms with Crippen LogP contribution in [0.15, 0.2) is 59.0 Å². The van der Waals surface area contributed by atoms with Crippen LogP contribution in [-0.4, -0.2) is 12.4 Å². The summed E-state index contributed by atoms with van der Waals surface area (Å²) >= 11 is 3.45. The quantitative estimate of drug-likeness (QED) is 0.283. The Morgan fingerprint density at radius 3 is 2.14 bits per heavy atom. The number of azo groups is 1. The number of rotatable bonds is 8. The fraction of sp³-hybridized carbons (Fsp3) is 0.353. The van der Waals surface area contributed by atoms with Crippen LogP contribution in [0.4, 0.5) is 11.4 Å². The fourth-order valence-electron chi connectivity index (χ4n) is 2.00. The van der Waals surface area contributed by atoms with Crippen molar-refractivity contribution in [3.05, 3.63) is 48.8 Å². The number of aryl methyl sites for hydroxylation is 1. The number of unbranched alkanes of at least 4 members (excludes halogenated alkanes) is 2. The van der Waals surface area contributed by atoms with E-state index < -0.39 is 0 Å². The number of ether oxygens (including phenoxy) is 1. The van der Waals surface area contributed by atoms with Gasteiger partial charge in [-0.2, -0.15) is 10.2 Å². The van der Waals surface area contributed by atoms with Crippen molar-refractivity contribution >= 4 is 27.3 Å². The Hall–Kier alpha value is -1.75. The van der Waals surface area contributed by atoms with E-state index in [9.17, 15) is 0 Å². The second-order valence-electron chi connectivity index (χ2n) is 4.94. The number of alkyl halides is 1. The summed E-state index contributed by atoms with van der Waals surface area (Å²) in [6, 6.07) is 11.5. The molecular weight excluding hydrogens is 342 g/mol. The minimum atomic E-state index is 0.812. The summed E-state index contributed by atoms with van der Waals surface area (Å²) in [5.41, 5.74) is 1.67. The molecule has 0 radical (unpaired) electrons. The highest BCUT2D eigenvalue weighted by Crippen LogP contribution is 2.20. The van der Waals surface area contributed by atoms with E-state index in [1.54, 1.807) is 7.11 Å². The van der Waals surface area contributed by atoms with E-state index >= 15 is 0 Å². The molecule has 0 atom stereocenters. The molecule has 0 saturated heterocycles. The summed E-state index contributed by atoms with van der Waals surface area (Å²) in [4.78, 5) is 0. The number of pyridine rings is 1. The first-order chi connectivity index (χ1) is 10.8. The maximum absolute atomic E-state index is 5.11. The van der Waals surface area contributed by atoms with Gasteiger partial charge in [-0.05, 0) is 37.1 Å². The third kappa shape index (κ3) is 5.56. The third-order valence-corrected chi connectivity index (χ3v) is 3.84. The summed E-state index contributed by atoms with van der Waals surface area (Å²) in [5, 5.41) is 9.56. The van der Waals surface area contributed by atoms with Crippen molar-refractivity contribution in [2.75, 3.05) is 12.4 Å². The van der Waals surface area contributed by atoms with Gasteiger partial charge in [0.2, 0.25) is 0 Å². The Kier molecular flexibility index (Phi) is 7.03.